The molecule has 1 amide bonds. The van der Waals surface area contributed by atoms with Crippen LogP contribution in [0.2, 0.25) is 0 Å². The SMILES string of the molecule is CCCCOc1ccc(-c2cc(C(=O)N/N=C/c3ccc(O)cc3)[nH]n2)cc1. The monoisotopic (exact) mass is 378 g/mol. The first-order chi connectivity index (χ1) is 13.7. The zero-order valence-electron chi connectivity index (χ0n) is 15.6. The van der Waals surface area contributed by atoms with Crippen LogP contribution in [0.25, 0.3) is 11.3 Å². The molecule has 0 saturated carbocycles. The van der Waals surface area contributed by atoms with Gasteiger partial charge in [0.25, 0.3) is 5.91 Å². The van der Waals surface area contributed by atoms with E-state index >= 15 is 0 Å². The van der Waals surface area contributed by atoms with Crippen LogP contribution < -0.4 is 10.2 Å². The van der Waals surface area contributed by atoms with Crippen molar-refractivity contribution in [3.8, 4) is 22.8 Å². The smallest absolute Gasteiger partial charge is 0.289 e. The molecule has 28 heavy (non-hydrogen) atoms. The number of amides is 1. The quantitative estimate of drug-likeness (QED) is 0.316. The Labute approximate surface area is 163 Å². The van der Waals surface area contributed by atoms with E-state index in [0.29, 0.717) is 18.0 Å². The molecule has 0 atom stereocenters. The van der Waals surface area contributed by atoms with Crippen molar-refractivity contribution in [1.82, 2.24) is 15.6 Å². The molecule has 3 rings (SSSR count). The summed E-state index contributed by atoms with van der Waals surface area (Å²) in [6, 6.07) is 15.7. The van der Waals surface area contributed by atoms with Crippen molar-refractivity contribution in [2.45, 2.75) is 19.8 Å². The van der Waals surface area contributed by atoms with Crippen molar-refractivity contribution in [3.05, 3.63) is 65.9 Å². The Hall–Kier alpha value is -3.61. The Bertz CT molecular complexity index is 931. The number of aromatic nitrogens is 2. The van der Waals surface area contributed by atoms with Crippen LogP contribution in [0.1, 0.15) is 35.8 Å². The highest BCUT2D eigenvalue weighted by atomic mass is 16.5. The summed E-state index contributed by atoms with van der Waals surface area (Å²) in [7, 11) is 0. The van der Waals surface area contributed by atoms with Crippen LogP contribution in [-0.2, 0) is 0 Å². The lowest BCUT2D eigenvalue weighted by Crippen LogP contribution is -2.17. The topological polar surface area (TPSA) is 99.6 Å². The van der Waals surface area contributed by atoms with Gasteiger partial charge in [-0.25, -0.2) is 5.43 Å². The van der Waals surface area contributed by atoms with Gasteiger partial charge in [0, 0.05) is 5.56 Å². The van der Waals surface area contributed by atoms with E-state index in [-0.39, 0.29) is 5.75 Å². The third-order valence-corrected chi connectivity index (χ3v) is 4.01. The minimum atomic E-state index is -0.395. The number of phenolic OH excluding ortho intramolecular Hbond substituents is 1. The predicted molar refractivity (Wildman–Crippen MR) is 108 cm³/mol. The van der Waals surface area contributed by atoms with Gasteiger partial charge in [-0.3, -0.25) is 9.89 Å². The molecule has 0 aliphatic rings. The molecule has 0 aliphatic carbocycles. The number of aromatic amines is 1. The largest absolute Gasteiger partial charge is 0.508 e. The average Bonchev–Trinajstić information content (AvgIpc) is 3.20. The van der Waals surface area contributed by atoms with E-state index in [0.717, 1.165) is 29.7 Å². The van der Waals surface area contributed by atoms with Crippen LogP contribution in [0, 0.1) is 0 Å². The van der Waals surface area contributed by atoms with E-state index < -0.39 is 5.91 Å². The Morgan fingerprint density at radius 1 is 1.21 bits per heavy atom. The Morgan fingerprint density at radius 2 is 1.96 bits per heavy atom. The van der Waals surface area contributed by atoms with Gasteiger partial charge in [-0.1, -0.05) is 13.3 Å². The first-order valence-electron chi connectivity index (χ1n) is 9.07. The van der Waals surface area contributed by atoms with E-state index in [2.05, 4.69) is 27.6 Å². The van der Waals surface area contributed by atoms with Crippen molar-refractivity contribution in [1.29, 1.82) is 0 Å². The number of rotatable bonds is 8. The number of nitrogens with zero attached hydrogens (tertiary/aromatic N) is 2. The van der Waals surface area contributed by atoms with Gasteiger partial charge in [-0.2, -0.15) is 10.2 Å². The fourth-order valence-corrected chi connectivity index (χ4v) is 2.43. The van der Waals surface area contributed by atoms with Gasteiger partial charge in [-0.15, -0.1) is 0 Å². The van der Waals surface area contributed by atoms with Crippen LogP contribution >= 0.6 is 0 Å². The normalized spacial score (nSPS) is 10.9. The Kier molecular flexibility index (Phi) is 6.41. The van der Waals surface area contributed by atoms with E-state index in [1.807, 2.05) is 24.3 Å². The summed E-state index contributed by atoms with van der Waals surface area (Å²) >= 11 is 0. The first-order valence-corrected chi connectivity index (χ1v) is 9.07. The lowest BCUT2D eigenvalue weighted by atomic mass is 10.1. The van der Waals surface area contributed by atoms with Crippen molar-refractivity contribution in [3.63, 3.8) is 0 Å². The fraction of sp³-hybridized carbons (Fsp3) is 0.190. The Balaban J connectivity index is 1.58. The number of nitrogens with one attached hydrogen (secondary N) is 2. The molecule has 2 aromatic carbocycles. The molecule has 7 nitrogen and oxygen atoms in total. The van der Waals surface area contributed by atoms with Crippen molar-refractivity contribution < 1.29 is 14.6 Å². The average molecular weight is 378 g/mol. The highest BCUT2D eigenvalue weighted by molar-refractivity contribution is 5.94. The number of hydrogen-bond donors (Lipinski definition) is 3. The zero-order valence-corrected chi connectivity index (χ0v) is 15.6. The van der Waals surface area contributed by atoms with Gasteiger partial charge in [0.15, 0.2) is 0 Å². The molecule has 0 saturated heterocycles. The molecule has 0 fully saturated rings. The third kappa shape index (κ3) is 5.20. The molecule has 3 N–H and O–H groups in total. The summed E-state index contributed by atoms with van der Waals surface area (Å²) in [5.41, 5.74) is 5.04. The molecule has 0 bridgehead atoms. The lowest BCUT2D eigenvalue weighted by molar-refractivity contribution is 0.0950. The number of benzene rings is 2. The van der Waals surface area contributed by atoms with Gasteiger partial charge in [0.2, 0.25) is 0 Å². The number of ether oxygens (including phenoxy) is 1. The minimum Gasteiger partial charge on any atom is -0.508 e. The zero-order chi connectivity index (χ0) is 19.8. The van der Waals surface area contributed by atoms with Gasteiger partial charge in [0.1, 0.15) is 17.2 Å². The maximum Gasteiger partial charge on any atom is 0.289 e. The van der Waals surface area contributed by atoms with Crippen LogP contribution in [-0.4, -0.2) is 34.0 Å². The molecular weight excluding hydrogens is 356 g/mol. The summed E-state index contributed by atoms with van der Waals surface area (Å²) < 4.78 is 5.65. The van der Waals surface area contributed by atoms with Crippen LogP contribution in [0.15, 0.2) is 59.7 Å². The number of phenols is 1. The van der Waals surface area contributed by atoms with Crippen LogP contribution in [0.5, 0.6) is 11.5 Å². The number of aromatic hydroxyl groups is 1. The second-order valence-corrected chi connectivity index (χ2v) is 6.18. The number of unbranched alkanes of at least 4 members (excludes halogenated alkanes) is 1. The molecular formula is C21H22N4O3. The van der Waals surface area contributed by atoms with E-state index in [1.165, 1.54) is 6.21 Å². The van der Waals surface area contributed by atoms with Gasteiger partial charge < -0.3 is 9.84 Å². The molecule has 3 aromatic rings. The van der Waals surface area contributed by atoms with Gasteiger partial charge in [0.05, 0.1) is 18.5 Å². The highest BCUT2D eigenvalue weighted by Gasteiger charge is 2.10. The van der Waals surface area contributed by atoms with E-state index in [9.17, 15) is 9.90 Å². The van der Waals surface area contributed by atoms with Crippen LogP contribution in [0.4, 0.5) is 0 Å². The highest BCUT2D eigenvalue weighted by Crippen LogP contribution is 2.21. The Morgan fingerprint density at radius 3 is 2.68 bits per heavy atom. The fourth-order valence-electron chi connectivity index (χ4n) is 2.43. The molecule has 0 aliphatic heterocycles. The molecule has 144 valence electrons. The molecule has 0 spiro atoms. The second kappa shape index (κ2) is 9.36. The van der Waals surface area contributed by atoms with E-state index in [4.69, 9.17) is 4.74 Å². The summed E-state index contributed by atoms with van der Waals surface area (Å²) in [5.74, 6) is 0.592. The summed E-state index contributed by atoms with van der Waals surface area (Å²) in [6.07, 6.45) is 3.61. The maximum absolute atomic E-state index is 12.2. The number of H-pyrrole nitrogens is 1. The van der Waals surface area contributed by atoms with Gasteiger partial charge >= 0.3 is 0 Å². The summed E-state index contributed by atoms with van der Waals surface area (Å²) in [5, 5.41) is 20.1. The number of carbonyl (C=O) groups is 1. The number of hydrazone groups is 1. The number of hydrogen-bond acceptors (Lipinski definition) is 5. The number of carbonyl (C=O) groups excluding carboxylic acids is 1. The molecule has 0 radical (unpaired) electrons. The predicted octanol–water partition coefficient (Wildman–Crippen LogP) is 3.73. The molecule has 1 aromatic heterocycles. The molecule has 0 unspecified atom stereocenters. The minimum absolute atomic E-state index is 0.173. The third-order valence-electron chi connectivity index (χ3n) is 4.01. The van der Waals surface area contributed by atoms with Crippen LogP contribution in [0.3, 0.4) is 0 Å². The van der Waals surface area contributed by atoms with E-state index in [1.54, 1.807) is 30.3 Å². The summed E-state index contributed by atoms with van der Waals surface area (Å²) in [4.78, 5) is 12.2. The van der Waals surface area contributed by atoms with Crippen molar-refractivity contribution in [2.24, 2.45) is 5.10 Å². The standard InChI is InChI=1S/C21H22N4O3/c1-2-3-12-28-18-10-6-16(7-11-18)19-13-20(24-23-19)21(27)25-22-14-15-4-8-17(26)9-5-15/h4-11,13-14,26H,2-3,12H2,1H3,(H,23,24)(H,25,27)/b22-14+. The lowest BCUT2D eigenvalue weighted by Gasteiger charge is -2.05. The van der Waals surface area contributed by atoms with Crippen molar-refractivity contribution in [2.75, 3.05) is 6.61 Å². The maximum atomic E-state index is 12.2. The first kappa shape index (κ1) is 19.2. The van der Waals surface area contributed by atoms with Gasteiger partial charge in [-0.05, 0) is 66.6 Å². The molecule has 7 heteroatoms. The van der Waals surface area contributed by atoms with Crippen molar-refractivity contribution >= 4 is 12.1 Å². The molecule has 1 heterocycles. The summed E-state index contributed by atoms with van der Waals surface area (Å²) in [6.45, 7) is 2.82. The second-order valence-electron chi connectivity index (χ2n) is 6.18.